The van der Waals surface area contributed by atoms with Crippen LogP contribution in [0.2, 0.25) is 0 Å². The van der Waals surface area contributed by atoms with E-state index in [4.69, 9.17) is 4.98 Å². The number of nitrogens with zero attached hydrogens (tertiary/aromatic N) is 10. The Labute approximate surface area is 210 Å². The molecule has 0 radical (unpaired) electrons. The number of nitrogens with one attached hydrogen (secondary N) is 1. The molecule has 184 valence electrons. The van der Waals surface area contributed by atoms with Crippen LogP contribution in [0.15, 0.2) is 66.1 Å². The first-order valence-electron chi connectivity index (χ1n) is 12.1. The predicted molar refractivity (Wildman–Crippen MR) is 138 cm³/mol. The summed E-state index contributed by atoms with van der Waals surface area (Å²) in [6.07, 6.45) is 10.6. The average molecular weight is 494 g/mol. The van der Waals surface area contributed by atoms with Crippen molar-refractivity contribution in [1.82, 2.24) is 48.8 Å². The third-order valence-electron chi connectivity index (χ3n) is 6.84. The molecule has 0 atom stereocenters. The summed E-state index contributed by atoms with van der Waals surface area (Å²) in [5.41, 5.74) is 2.03. The van der Waals surface area contributed by atoms with E-state index >= 15 is 0 Å². The standard InChI is InChI=1S/C25H23N11O/c1-33-11-7-17(8-12-33)34-15-16(13-29-34)30-24-28-14-19-21(32-24)31-22-18-5-2-3-6-20(18)35(36(22)23(19)37)25-26-9-4-10-27-25/h2-6,9-10,13-15,17H,7-8,11-12H2,1H3,(H,28,30,32). The third kappa shape index (κ3) is 3.61. The molecule has 12 heteroatoms. The van der Waals surface area contributed by atoms with Crippen molar-refractivity contribution in [3.63, 3.8) is 0 Å². The lowest BCUT2D eigenvalue weighted by molar-refractivity contribution is 0.212. The van der Waals surface area contributed by atoms with Crippen molar-refractivity contribution in [2.75, 3.05) is 25.5 Å². The summed E-state index contributed by atoms with van der Waals surface area (Å²) in [7, 11) is 2.14. The van der Waals surface area contributed by atoms with E-state index in [9.17, 15) is 4.79 Å². The van der Waals surface area contributed by atoms with Crippen LogP contribution in [0.1, 0.15) is 18.9 Å². The summed E-state index contributed by atoms with van der Waals surface area (Å²) in [4.78, 5) is 38.4. The van der Waals surface area contributed by atoms with Gasteiger partial charge in [-0.25, -0.2) is 24.6 Å². The van der Waals surface area contributed by atoms with Gasteiger partial charge >= 0.3 is 0 Å². The lowest BCUT2D eigenvalue weighted by Crippen LogP contribution is -2.31. The van der Waals surface area contributed by atoms with Gasteiger partial charge in [-0.2, -0.15) is 14.6 Å². The monoisotopic (exact) mass is 493 g/mol. The maximum Gasteiger partial charge on any atom is 0.284 e. The molecule has 1 aliphatic heterocycles. The molecule has 0 bridgehead atoms. The Bertz CT molecular complexity index is 1810. The van der Waals surface area contributed by atoms with Crippen LogP contribution in [-0.2, 0) is 0 Å². The highest BCUT2D eigenvalue weighted by Crippen LogP contribution is 2.25. The number of benzene rings is 1. The van der Waals surface area contributed by atoms with Gasteiger partial charge in [-0.15, -0.1) is 0 Å². The van der Waals surface area contributed by atoms with Crippen molar-refractivity contribution < 1.29 is 0 Å². The number of hydrogen-bond acceptors (Lipinski definition) is 9. The van der Waals surface area contributed by atoms with Crippen LogP contribution in [0.4, 0.5) is 11.6 Å². The third-order valence-corrected chi connectivity index (χ3v) is 6.84. The SMILES string of the molecule is CN1CCC(n2cc(Nc3ncc4c(=O)n5c(nc4n3)c3ccccc3n5-c3ncccn3)cn2)CC1. The Hall–Kier alpha value is -4.71. The first-order valence-corrected chi connectivity index (χ1v) is 12.1. The second kappa shape index (κ2) is 8.45. The van der Waals surface area contributed by atoms with Gasteiger partial charge in [-0.1, -0.05) is 12.1 Å². The quantitative estimate of drug-likeness (QED) is 0.394. The number of likely N-dealkylation sites (tertiary alicyclic amines) is 1. The second-order valence-corrected chi connectivity index (χ2v) is 9.23. The fourth-order valence-corrected chi connectivity index (χ4v) is 4.93. The van der Waals surface area contributed by atoms with Crippen LogP contribution in [0.5, 0.6) is 0 Å². The highest BCUT2D eigenvalue weighted by Gasteiger charge is 2.21. The Morgan fingerprint density at radius 2 is 1.76 bits per heavy atom. The van der Waals surface area contributed by atoms with Gasteiger partial charge in [0.05, 0.1) is 23.4 Å². The zero-order valence-electron chi connectivity index (χ0n) is 20.1. The molecule has 12 nitrogen and oxygen atoms in total. The molecule has 0 spiro atoms. The largest absolute Gasteiger partial charge is 0.321 e. The molecule has 7 rings (SSSR count). The number of anilines is 2. The summed E-state index contributed by atoms with van der Waals surface area (Å²) in [6, 6.07) is 9.74. The molecule has 1 aromatic carbocycles. The first kappa shape index (κ1) is 21.6. The molecule has 0 saturated carbocycles. The highest BCUT2D eigenvalue weighted by atomic mass is 16.1. The van der Waals surface area contributed by atoms with Gasteiger partial charge in [0, 0.05) is 30.2 Å². The summed E-state index contributed by atoms with van der Waals surface area (Å²) in [5, 5.41) is 8.84. The lowest BCUT2D eigenvalue weighted by atomic mass is 10.1. The van der Waals surface area contributed by atoms with Gasteiger partial charge in [0.25, 0.3) is 5.56 Å². The molecular formula is C25H23N11O. The molecule has 0 unspecified atom stereocenters. The minimum atomic E-state index is -0.301. The minimum absolute atomic E-state index is 0.296. The van der Waals surface area contributed by atoms with Crippen LogP contribution in [-0.4, -0.2) is 68.9 Å². The topological polar surface area (TPSA) is 124 Å². The summed E-state index contributed by atoms with van der Waals surface area (Å²) >= 11 is 0. The van der Waals surface area contributed by atoms with Crippen molar-refractivity contribution in [2.45, 2.75) is 18.9 Å². The Balaban J connectivity index is 1.30. The van der Waals surface area contributed by atoms with E-state index in [1.54, 1.807) is 29.3 Å². The molecule has 1 aliphatic rings. The van der Waals surface area contributed by atoms with Crippen molar-refractivity contribution in [1.29, 1.82) is 0 Å². The van der Waals surface area contributed by atoms with Gasteiger partial charge in [0.1, 0.15) is 5.39 Å². The van der Waals surface area contributed by atoms with Crippen LogP contribution >= 0.6 is 0 Å². The Kier molecular flexibility index (Phi) is 4.92. The predicted octanol–water partition coefficient (Wildman–Crippen LogP) is 2.58. The Morgan fingerprint density at radius 1 is 0.946 bits per heavy atom. The van der Waals surface area contributed by atoms with Crippen LogP contribution in [0.25, 0.3) is 33.5 Å². The van der Waals surface area contributed by atoms with Crippen LogP contribution < -0.4 is 10.9 Å². The average Bonchev–Trinajstić information content (AvgIpc) is 3.52. The van der Waals surface area contributed by atoms with E-state index < -0.39 is 0 Å². The van der Waals surface area contributed by atoms with Crippen molar-refractivity contribution >= 4 is 39.2 Å². The smallest absolute Gasteiger partial charge is 0.284 e. The van der Waals surface area contributed by atoms with Crippen molar-refractivity contribution in [2.24, 2.45) is 0 Å². The molecule has 1 saturated heterocycles. The number of aromatic nitrogens is 9. The van der Waals surface area contributed by atoms with Gasteiger partial charge in [-0.05, 0) is 51.2 Å². The molecule has 5 aromatic heterocycles. The van der Waals surface area contributed by atoms with E-state index in [0.717, 1.165) is 42.5 Å². The van der Waals surface area contributed by atoms with E-state index in [0.29, 0.717) is 34.6 Å². The molecule has 37 heavy (non-hydrogen) atoms. The maximum absolute atomic E-state index is 13.7. The normalized spacial score (nSPS) is 15.2. The Morgan fingerprint density at radius 3 is 2.59 bits per heavy atom. The number of piperidine rings is 1. The molecule has 6 aromatic rings. The lowest BCUT2D eigenvalue weighted by Gasteiger charge is -2.28. The number of hydrogen-bond donors (Lipinski definition) is 1. The molecule has 1 fully saturated rings. The van der Waals surface area contributed by atoms with Gasteiger partial charge in [0.15, 0.2) is 11.3 Å². The van der Waals surface area contributed by atoms with Crippen molar-refractivity contribution in [3.8, 4) is 5.95 Å². The molecular weight excluding hydrogens is 470 g/mol. The molecule has 0 amide bonds. The number of rotatable bonds is 4. The van der Waals surface area contributed by atoms with Gasteiger partial charge < -0.3 is 10.2 Å². The zero-order valence-corrected chi connectivity index (χ0v) is 20.1. The summed E-state index contributed by atoms with van der Waals surface area (Å²) < 4.78 is 5.15. The van der Waals surface area contributed by atoms with Gasteiger partial charge in [-0.3, -0.25) is 9.48 Å². The fourth-order valence-electron chi connectivity index (χ4n) is 4.93. The summed E-state index contributed by atoms with van der Waals surface area (Å²) in [5.74, 6) is 0.722. The number of fused-ring (bicyclic) bond motifs is 4. The van der Waals surface area contributed by atoms with Crippen molar-refractivity contribution in [3.05, 3.63) is 71.7 Å². The van der Waals surface area contributed by atoms with E-state index in [1.165, 1.54) is 10.7 Å². The zero-order chi connectivity index (χ0) is 24.9. The maximum atomic E-state index is 13.7. The summed E-state index contributed by atoms with van der Waals surface area (Å²) in [6.45, 7) is 2.12. The van der Waals surface area contributed by atoms with E-state index in [2.05, 4.69) is 42.3 Å². The second-order valence-electron chi connectivity index (χ2n) is 9.23. The van der Waals surface area contributed by atoms with E-state index in [-0.39, 0.29) is 5.56 Å². The minimum Gasteiger partial charge on any atom is -0.321 e. The van der Waals surface area contributed by atoms with E-state index in [1.807, 2.05) is 35.1 Å². The van der Waals surface area contributed by atoms with Gasteiger partial charge in [0.2, 0.25) is 11.9 Å². The molecule has 6 heterocycles. The molecule has 1 N–H and O–H groups in total. The number of para-hydroxylation sites is 1. The fraction of sp³-hybridized carbons (Fsp3) is 0.240. The molecule has 0 aliphatic carbocycles. The first-order chi connectivity index (χ1) is 18.2. The van der Waals surface area contributed by atoms with Crippen LogP contribution in [0.3, 0.4) is 0 Å². The van der Waals surface area contributed by atoms with Crippen LogP contribution in [0, 0.1) is 0 Å². The highest BCUT2D eigenvalue weighted by molar-refractivity contribution is 5.95.